The lowest BCUT2D eigenvalue weighted by atomic mass is 10.1. The molecule has 0 spiro atoms. The van der Waals surface area contributed by atoms with E-state index in [4.69, 9.17) is 0 Å². The summed E-state index contributed by atoms with van der Waals surface area (Å²) >= 11 is 0. The van der Waals surface area contributed by atoms with Crippen LogP contribution in [-0.2, 0) is 18.7 Å². The fourth-order valence-electron chi connectivity index (χ4n) is 1.73. The van der Waals surface area contributed by atoms with Crippen LogP contribution in [0.2, 0.25) is 0 Å². The van der Waals surface area contributed by atoms with Crippen LogP contribution in [0, 0.1) is 0 Å². The lowest BCUT2D eigenvalue weighted by Gasteiger charge is -2.26. The molecule has 2 heterocycles. The molecule has 0 fully saturated rings. The molecule has 18 heavy (non-hydrogen) atoms. The molecular formula is C13H28N4O. The maximum absolute atomic E-state index is 9.86. The van der Waals surface area contributed by atoms with Crippen LogP contribution < -0.4 is 0 Å². The van der Waals surface area contributed by atoms with Gasteiger partial charge in [-0.05, 0) is 20.9 Å². The van der Waals surface area contributed by atoms with Gasteiger partial charge in [0.1, 0.15) is 11.4 Å². The molecule has 0 atom stereocenters. The molecule has 2 rings (SSSR count). The first-order chi connectivity index (χ1) is 8.48. The van der Waals surface area contributed by atoms with Crippen molar-refractivity contribution in [2.75, 3.05) is 13.6 Å². The molecule has 1 aliphatic heterocycles. The number of hydrogen-bond acceptors (Lipinski definition) is 4. The van der Waals surface area contributed by atoms with Crippen LogP contribution in [0.3, 0.4) is 0 Å². The van der Waals surface area contributed by atoms with Gasteiger partial charge in [-0.25, -0.2) is 0 Å². The largest absolute Gasteiger partial charge is 0.382 e. The highest BCUT2D eigenvalue weighted by molar-refractivity contribution is 5.05. The molecule has 0 aromatic carbocycles. The van der Waals surface area contributed by atoms with Gasteiger partial charge in [0.15, 0.2) is 5.82 Å². The Morgan fingerprint density at radius 1 is 1.06 bits per heavy atom. The van der Waals surface area contributed by atoms with Gasteiger partial charge in [-0.15, -0.1) is 10.2 Å². The van der Waals surface area contributed by atoms with Crippen LogP contribution in [0.1, 0.15) is 53.2 Å². The highest BCUT2D eigenvalue weighted by Gasteiger charge is 2.27. The normalized spacial score (nSPS) is 14.9. The van der Waals surface area contributed by atoms with E-state index in [1.165, 1.54) is 0 Å². The smallest absolute Gasteiger partial charge is 0.164 e. The number of aliphatic hydroxyl groups is 1. The van der Waals surface area contributed by atoms with Crippen molar-refractivity contribution >= 4 is 0 Å². The number of likely N-dealkylation sites (N-methyl/N-ethyl adjacent to an activating group) is 1. The Morgan fingerprint density at radius 2 is 1.61 bits per heavy atom. The summed E-state index contributed by atoms with van der Waals surface area (Å²) in [5.74, 6) is 1.61. The minimum Gasteiger partial charge on any atom is -0.382 e. The van der Waals surface area contributed by atoms with E-state index < -0.39 is 5.60 Å². The van der Waals surface area contributed by atoms with Crippen LogP contribution in [0.15, 0.2) is 0 Å². The van der Waals surface area contributed by atoms with Crippen molar-refractivity contribution in [1.82, 2.24) is 19.7 Å². The number of aromatic nitrogens is 3. The summed E-state index contributed by atoms with van der Waals surface area (Å²) in [6.45, 7) is 14.1. The zero-order chi connectivity index (χ0) is 14.3. The van der Waals surface area contributed by atoms with Crippen LogP contribution in [0.5, 0.6) is 0 Å². The van der Waals surface area contributed by atoms with E-state index in [0.717, 1.165) is 25.5 Å². The van der Waals surface area contributed by atoms with E-state index in [-0.39, 0.29) is 0 Å². The third-order valence-electron chi connectivity index (χ3n) is 2.49. The SMILES string of the molecule is CC.CC.CN1CCn2c(nnc2C(C)(C)O)C1. The molecule has 1 aromatic heterocycles. The molecular weight excluding hydrogens is 228 g/mol. The fraction of sp³-hybridized carbons (Fsp3) is 0.846. The van der Waals surface area contributed by atoms with Gasteiger partial charge in [0, 0.05) is 13.1 Å². The molecule has 1 aromatic rings. The van der Waals surface area contributed by atoms with E-state index in [1.807, 2.05) is 32.3 Å². The first-order valence-corrected chi connectivity index (χ1v) is 6.82. The van der Waals surface area contributed by atoms with E-state index >= 15 is 0 Å². The van der Waals surface area contributed by atoms with Crippen molar-refractivity contribution in [3.8, 4) is 0 Å². The molecule has 106 valence electrons. The Hall–Kier alpha value is -0.940. The summed E-state index contributed by atoms with van der Waals surface area (Å²) in [7, 11) is 2.06. The Bertz CT molecular complexity index is 341. The zero-order valence-corrected chi connectivity index (χ0v) is 12.9. The zero-order valence-electron chi connectivity index (χ0n) is 12.9. The van der Waals surface area contributed by atoms with Crippen molar-refractivity contribution < 1.29 is 5.11 Å². The maximum Gasteiger partial charge on any atom is 0.164 e. The molecule has 5 heteroatoms. The minimum absolute atomic E-state index is 0.667. The fourth-order valence-corrected chi connectivity index (χ4v) is 1.73. The second-order valence-corrected chi connectivity index (χ2v) is 4.39. The Balaban J connectivity index is 0.000000659. The van der Waals surface area contributed by atoms with E-state index in [0.29, 0.717) is 5.82 Å². The summed E-state index contributed by atoms with van der Waals surface area (Å²) in [4.78, 5) is 2.19. The highest BCUT2D eigenvalue weighted by atomic mass is 16.3. The summed E-state index contributed by atoms with van der Waals surface area (Å²) in [5.41, 5.74) is -0.902. The van der Waals surface area contributed by atoms with Gasteiger partial charge in [0.25, 0.3) is 0 Å². The minimum atomic E-state index is -0.902. The number of rotatable bonds is 1. The van der Waals surface area contributed by atoms with Gasteiger partial charge in [0.2, 0.25) is 0 Å². The van der Waals surface area contributed by atoms with E-state index in [9.17, 15) is 5.11 Å². The lowest BCUT2D eigenvalue weighted by molar-refractivity contribution is 0.0622. The van der Waals surface area contributed by atoms with Gasteiger partial charge in [0.05, 0.1) is 6.54 Å². The molecule has 1 aliphatic rings. The quantitative estimate of drug-likeness (QED) is 0.835. The third-order valence-corrected chi connectivity index (χ3v) is 2.49. The topological polar surface area (TPSA) is 54.2 Å². The van der Waals surface area contributed by atoms with Crippen LogP contribution >= 0.6 is 0 Å². The number of fused-ring (bicyclic) bond motifs is 1. The Labute approximate surface area is 111 Å². The van der Waals surface area contributed by atoms with Gasteiger partial charge in [-0.3, -0.25) is 4.90 Å². The second-order valence-electron chi connectivity index (χ2n) is 4.39. The molecule has 0 amide bonds. The molecule has 0 saturated carbocycles. The molecule has 5 nitrogen and oxygen atoms in total. The van der Waals surface area contributed by atoms with Crippen molar-refractivity contribution in [3.05, 3.63) is 11.6 Å². The first kappa shape index (κ1) is 17.1. The highest BCUT2D eigenvalue weighted by Crippen LogP contribution is 2.20. The monoisotopic (exact) mass is 256 g/mol. The average Bonchev–Trinajstić information content (AvgIpc) is 2.76. The van der Waals surface area contributed by atoms with Crippen LogP contribution in [0.25, 0.3) is 0 Å². The standard InChI is InChI=1S/C9H16N4O.2C2H6/c1-9(2,14)8-11-10-7-6-12(3)4-5-13(7)8;2*1-2/h14H,4-6H2,1-3H3;2*1-2H3. The van der Waals surface area contributed by atoms with Crippen molar-refractivity contribution in [3.63, 3.8) is 0 Å². The maximum atomic E-state index is 9.86. The molecule has 0 radical (unpaired) electrons. The van der Waals surface area contributed by atoms with E-state index in [1.54, 1.807) is 13.8 Å². The summed E-state index contributed by atoms with van der Waals surface area (Å²) in [6, 6.07) is 0. The van der Waals surface area contributed by atoms with Crippen LogP contribution in [0.4, 0.5) is 0 Å². The number of hydrogen-bond donors (Lipinski definition) is 1. The molecule has 0 saturated heterocycles. The molecule has 0 bridgehead atoms. The first-order valence-electron chi connectivity index (χ1n) is 6.82. The number of nitrogens with zero attached hydrogens (tertiary/aromatic N) is 4. The summed E-state index contributed by atoms with van der Waals surface area (Å²) < 4.78 is 2.01. The average molecular weight is 256 g/mol. The van der Waals surface area contributed by atoms with Crippen molar-refractivity contribution in [1.29, 1.82) is 0 Å². The van der Waals surface area contributed by atoms with Gasteiger partial charge in [-0.1, -0.05) is 27.7 Å². The van der Waals surface area contributed by atoms with Gasteiger partial charge >= 0.3 is 0 Å². The Kier molecular flexibility index (Phi) is 7.09. The predicted molar refractivity (Wildman–Crippen MR) is 74.3 cm³/mol. The van der Waals surface area contributed by atoms with Gasteiger partial charge in [-0.2, -0.15) is 0 Å². The molecule has 0 unspecified atom stereocenters. The summed E-state index contributed by atoms with van der Waals surface area (Å²) in [5, 5.41) is 18.0. The third kappa shape index (κ3) is 4.07. The Morgan fingerprint density at radius 3 is 2.11 bits per heavy atom. The molecule has 0 aliphatic carbocycles. The van der Waals surface area contributed by atoms with Gasteiger partial charge < -0.3 is 9.67 Å². The van der Waals surface area contributed by atoms with Crippen LogP contribution in [-0.4, -0.2) is 38.4 Å². The van der Waals surface area contributed by atoms with Crippen molar-refractivity contribution in [2.45, 2.75) is 60.2 Å². The predicted octanol–water partition coefficient (Wildman–Crippen LogP) is 2.00. The van der Waals surface area contributed by atoms with Crippen molar-refractivity contribution in [2.24, 2.45) is 0 Å². The lowest BCUT2D eigenvalue weighted by Crippen LogP contribution is -2.33. The van der Waals surface area contributed by atoms with E-state index in [2.05, 4.69) is 22.1 Å². The molecule has 1 N–H and O–H groups in total. The summed E-state index contributed by atoms with van der Waals surface area (Å²) in [6.07, 6.45) is 0. The second kappa shape index (κ2) is 7.48.